The standard InChI is InChI=1S/C13H25NO4.C10H17NO6.CO2/c1-6-10(7-2)18-12(9-15)11(8-14(16)17)13(3,4)5;1-3-8(4-2)17-10(6-12)9(16-7-13)5-11(14)15;2-1-3/h9-12H,6-8H2,1-5H3;6-10H,3-5H2,1-2H3;/t11-,12-;9-,10-;/m11./s1. The van der Waals surface area contributed by atoms with Gasteiger partial charge >= 0.3 is 6.15 Å². The fraction of sp³-hybridized carbons (Fsp3) is 0.833. The molecule has 0 fully saturated rings. The van der Waals surface area contributed by atoms with E-state index in [2.05, 4.69) is 4.74 Å². The molecule has 0 saturated carbocycles. The van der Waals surface area contributed by atoms with Gasteiger partial charge < -0.3 is 23.8 Å². The minimum absolute atomic E-state index is 0.0168. The highest BCUT2D eigenvalue weighted by Crippen LogP contribution is 2.31. The monoisotopic (exact) mass is 550 g/mol. The van der Waals surface area contributed by atoms with Crippen molar-refractivity contribution in [3.05, 3.63) is 20.2 Å². The molecule has 0 bridgehead atoms. The second-order valence-corrected chi connectivity index (χ2v) is 9.21. The van der Waals surface area contributed by atoms with Gasteiger partial charge in [0.2, 0.25) is 13.1 Å². The molecule has 0 heterocycles. The summed E-state index contributed by atoms with van der Waals surface area (Å²) < 4.78 is 15.6. The summed E-state index contributed by atoms with van der Waals surface area (Å²) in [5.74, 6) is -0.411. The zero-order valence-electron chi connectivity index (χ0n) is 23.2. The Balaban J connectivity index is -0.000000584. The average molecular weight is 551 g/mol. The van der Waals surface area contributed by atoms with Gasteiger partial charge in [-0.2, -0.15) is 9.59 Å². The number of nitro groups is 2. The fourth-order valence-electron chi connectivity index (χ4n) is 3.31. The lowest BCUT2D eigenvalue weighted by Gasteiger charge is -2.33. The molecule has 0 aromatic heterocycles. The molecule has 14 heteroatoms. The molecule has 0 radical (unpaired) electrons. The van der Waals surface area contributed by atoms with E-state index in [0.717, 1.165) is 12.8 Å². The minimum atomic E-state index is -1.18. The zero-order valence-corrected chi connectivity index (χ0v) is 23.2. The molecule has 0 rings (SSSR count). The Hall–Kier alpha value is -3.09. The third-order valence-corrected chi connectivity index (χ3v) is 5.57. The molecule has 38 heavy (non-hydrogen) atoms. The van der Waals surface area contributed by atoms with Gasteiger partial charge in [-0.3, -0.25) is 25.0 Å². The van der Waals surface area contributed by atoms with E-state index in [9.17, 15) is 34.6 Å². The van der Waals surface area contributed by atoms with Gasteiger partial charge in [-0.25, -0.2) is 0 Å². The highest BCUT2D eigenvalue weighted by atomic mass is 16.6. The normalized spacial score (nSPS) is 13.8. The summed E-state index contributed by atoms with van der Waals surface area (Å²) in [6, 6.07) is 0. The van der Waals surface area contributed by atoms with Crippen molar-refractivity contribution in [1.82, 2.24) is 0 Å². The number of nitrogens with zero attached hydrogens (tertiary/aromatic N) is 2. The second kappa shape index (κ2) is 23.1. The topological polar surface area (TPSA) is 199 Å². The average Bonchev–Trinajstić information content (AvgIpc) is 2.84. The molecule has 0 N–H and O–H groups in total. The van der Waals surface area contributed by atoms with E-state index in [0.29, 0.717) is 25.4 Å². The van der Waals surface area contributed by atoms with Crippen molar-refractivity contribution < 1.29 is 48.0 Å². The molecule has 0 spiro atoms. The summed E-state index contributed by atoms with van der Waals surface area (Å²) in [4.78, 5) is 68.6. The van der Waals surface area contributed by atoms with Crippen LogP contribution >= 0.6 is 0 Å². The molecule has 0 saturated heterocycles. The molecule has 0 aliphatic heterocycles. The second-order valence-electron chi connectivity index (χ2n) is 9.21. The Labute approximate surface area is 223 Å². The molecule has 220 valence electrons. The van der Waals surface area contributed by atoms with Crippen LogP contribution in [0.3, 0.4) is 0 Å². The predicted octanol–water partition coefficient (Wildman–Crippen LogP) is 2.69. The van der Waals surface area contributed by atoms with Crippen LogP contribution in [0.25, 0.3) is 0 Å². The Kier molecular flexibility index (Phi) is 23.9. The Morgan fingerprint density at radius 2 is 1.13 bits per heavy atom. The summed E-state index contributed by atoms with van der Waals surface area (Å²) in [6.07, 6.45) is 1.14. The van der Waals surface area contributed by atoms with Crippen molar-refractivity contribution in [3.8, 4) is 0 Å². The van der Waals surface area contributed by atoms with E-state index in [1.807, 2.05) is 48.5 Å². The van der Waals surface area contributed by atoms with E-state index in [-0.39, 0.29) is 41.7 Å². The van der Waals surface area contributed by atoms with E-state index in [1.165, 1.54) is 0 Å². The first kappa shape index (κ1) is 39.4. The first-order chi connectivity index (χ1) is 17.8. The fourth-order valence-corrected chi connectivity index (χ4v) is 3.31. The van der Waals surface area contributed by atoms with E-state index in [1.54, 1.807) is 0 Å². The Morgan fingerprint density at radius 3 is 1.39 bits per heavy atom. The van der Waals surface area contributed by atoms with Crippen molar-refractivity contribution in [2.24, 2.45) is 11.3 Å². The number of hydrogen-bond donors (Lipinski definition) is 0. The van der Waals surface area contributed by atoms with Crippen LogP contribution in [0.4, 0.5) is 0 Å². The molecule has 0 aromatic rings. The zero-order chi connectivity index (χ0) is 30.3. The van der Waals surface area contributed by atoms with Gasteiger partial charge in [0.25, 0.3) is 6.47 Å². The van der Waals surface area contributed by atoms with Gasteiger partial charge in [0, 0.05) is 9.85 Å². The third kappa shape index (κ3) is 19.1. The molecule has 0 amide bonds. The van der Waals surface area contributed by atoms with Gasteiger partial charge in [0.1, 0.15) is 12.4 Å². The maximum absolute atomic E-state index is 11.2. The van der Waals surface area contributed by atoms with Crippen LogP contribution in [-0.2, 0) is 38.2 Å². The van der Waals surface area contributed by atoms with Crippen LogP contribution in [0.2, 0.25) is 0 Å². The number of rotatable bonds is 18. The van der Waals surface area contributed by atoms with Gasteiger partial charge in [-0.15, -0.1) is 0 Å². The van der Waals surface area contributed by atoms with Crippen molar-refractivity contribution in [1.29, 1.82) is 0 Å². The van der Waals surface area contributed by atoms with Crippen molar-refractivity contribution >= 4 is 25.2 Å². The number of carbonyl (C=O) groups excluding carboxylic acids is 5. The van der Waals surface area contributed by atoms with E-state index in [4.69, 9.17) is 19.1 Å². The molecular weight excluding hydrogens is 508 g/mol. The molecular formula is C24H42N2O12. The summed E-state index contributed by atoms with van der Waals surface area (Å²) in [6.45, 7) is 12.6. The number of hydrogen-bond acceptors (Lipinski definition) is 12. The van der Waals surface area contributed by atoms with Gasteiger partial charge in [0.05, 0.1) is 18.1 Å². The molecule has 0 aromatic carbocycles. The first-order valence-electron chi connectivity index (χ1n) is 12.3. The number of carbonyl (C=O) groups is 3. The number of aldehydes is 2. The van der Waals surface area contributed by atoms with Crippen LogP contribution in [0.15, 0.2) is 0 Å². The third-order valence-electron chi connectivity index (χ3n) is 5.57. The van der Waals surface area contributed by atoms with E-state index >= 15 is 0 Å². The highest BCUT2D eigenvalue weighted by molar-refractivity contribution is 5.58. The van der Waals surface area contributed by atoms with Crippen LogP contribution < -0.4 is 0 Å². The highest BCUT2D eigenvalue weighted by Gasteiger charge is 2.37. The maximum atomic E-state index is 11.2. The summed E-state index contributed by atoms with van der Waals surface area (Å²) in [5, 5.41) is 21.1. The van der Waals surface area contributed by atoms with Gasteiger partial charge in [-0.05, 0) is 31.1 Å². The Bertz CT molecular complexity index is 712. The molecule has 0 unspecified atom stereocenters. The molecule has 4 atom stereocenters. The van der Waals surface area contributed by atoms with Crippen molar-refractivity contribution in [2.75, 3.05) is 13.1 Å². The molecule has 0 aliphatic carbocycles. The number of ether oxygens (including phenoxy) is 3. The quantitative estimate of drug-likeness (QED) is 0.137. The summed E-state index contributed by atoms with van der Waals surface area (Å²) >= 11 is 0. The van der Waals surface area contributed by atoms with Crippen LogP contribution in [-0.4, -0.2) is 78.7 Å². The first-order valence-corrected chi connectivity index (χ1v) is 12.3. The molecule has 0 aliphatic rings. The predicted molar refractivity (Wildman–Crippen MR) is 133 cm³/mol. The summed E-state index contributed by atoms with van der Waals surface area (Å²) in [7, 11) is 0. The maximum Gasteiger partial charge on any atom is 0.373 e. The largest absolute Gasteiger partial charge is 0.454 e. The van der Waals surface area contributed by atoms with Gasteiger partial charge in [-0.1, -0.05) is 48.5 Å². The Morgan fingerprint density at radius 1 is 0.763 bits per heavy atom. The van der Waals surface area contributed by atoms with Crippen LogP contribution in [0.5, 0.6) is 0 Å². The minimum Gasteiger partial charge on any atom is -0.454 e. The summed E-state index contributed by atoms with van der Waals surface area (Å²) in [5.41, 5.74) is -0.343. The smallest absolute Gasteiger partial charge is 0.373 e. The van der Waals surface area contributed by atoms with Crippen molar-refractivity contribution in [3.63, 3.8) is 0 Å². The lowest BCUT2D eigenvalue weighted by molar-refractivity contribution is -0.494. The van der Waals surface area contributed by atoms with Crippen molar-refractivity contribution in [2.45, 2.75) is 105 Å². The van der Waals surface area contributed by atoms with Crippen LogP contribution in [0, 0.1) is 31.6 Å². The van der Waals surface area contributed by atoms with Crippen LogP contribution in [0.1, 0.15) is 74.1 Å². The lowest BCUT2D eigenvalue weighted by atomic mass is 9.77. The van der Waals surface area contributed by atoms with Gasteiger partial charge in [0.15, 0.2) is 18.5 Å². The van der Waals surface area contributed by atoms with E-state index < -0.39 is 35.7 Å². The lowest BCUT2D eigenvalue weighted by Crippen LogP contribution is -2.41. The SMILES string of the molecule is CCC(CC)O[C@H](C=O)[C@@H](C[N+](=O)[O-])C(C)(C)C.CCC(CC)O[C@H](C=O)[C@@H](C[N+](=O)[O-])OC=O.O=C=O. The molecule has 14 nitrogen and oxygen atoms in total.